The molecule has 4 aromatic rings. The van der Waals surface area contributed by atoms with Gasteiger partial charge in [-0.25, -0.2) is 0 Å². The summed E-state index contributed by atoms with van der Waals surface area (Å²) in [6.07, 6.45) is 7.72. The van der Waals surface area contributed by atoms with Crippen LogP contribution in [0.5, 0.6) is 0 Å². The maximum Gasteiger partial charge on any atom is 0.166 e. The van der Waals surface area contributed by atoms with Crippen molar-refractivity contribution in [2.75, 3.05) is 52.4 Å². The van der Waals surface area contributed by atoms with E-state index < -0.39 is 0 Å². The normalized spacial score (nSPS) is 10.8. The van der Waals surface area contributed by atoms with E-state index in [1.54, 1.807) is 0 Å². The molecular weight excluding hydrogens is 700 g/mol. The molecule has 0 unspecified atom stereocenters. The molecule has 280 valence electrons. The Morgan fingerprint density at radius 2 is 0.654 bits per heavy atom. The highest BCUT2D eigenvalue weighted by atomic mass is 35.5. The first-order valence-corrected chi connectivity index (χ1v) is 19.7. The van der Waals surface area contributed by atoms with E-state index in [0.717, 1.165) is 88.3 Å². The molecule has 4 aromatic carbocycles. The standard InChI is InChI=1S/C43H58N6S2.ClH/c50-42(48-34-26-40(36-18-6-1-7-19-36)37-20-8-2-9-21-37)46-32-16-30-44-28-14-5-15-29-45-31-17-33-47-43(51)49-35-27-41(38-22-10-3-11-23-38)39-24-12-4-13-25-39;/h1-4,6-13,18-25,40-41,44-45H,5,14-17,26-35H2,(H2,46,48,50)(H2,47,49,51);1H. The van der Waals surface area contributed by atoms with Crippen LogP contribution < -0.4 is 31.9 Å². The van der Waals surface area contributed by atoms with Crippen molar-refractivity contribution in [2.24, 2.45) is 0 Å². The molecule has 6 N–H and O–H groups in total. The van der Waals surface area contributed by atoms with Gasteiger partial charge in [0.2, 0.25) is 0 Å². The van der Waals surface area contributed by atoms with E-state index in [-0.39, 0.29) is 12.4 Å². The monoisotopic (exact) mass is 758 g/mol. The minimum absolute atomic E-state index is 0. The number of unbranched alkanes of at least 4 members (excludes halogenated alkanes) is 2. The third-order valence-corrected chi connectivity index (χ3v) is 9.66. The number of halogens is 1. The fraction of sp³-hybridized carbons (Fsp3) is 0.395. The molecule has 0 bridgehead atoms. The fourth-order valence-electron chi connectivity index (χ4n) is 6.34. The van der Waals surface area contributed by atoms with Crippen molar-refractivity contribution >= 4 is 47.1 Å². The summed E-state index contributed by atoms with van der Waals surface area (Å²) in [5.74, 6) is 0.709. The summed E-state index contributed by atoms with van der Waals surface area (Å²) in [5, 5.41) is 22.2. The number of thiocarbonyl (C=S) groups is 2. The summed E-state index contributed by atoms with van der Waals surface area (Å²) in [6.45, 7) is 7.56. The molecule has 0 aliphatic rings. The maximum atomic E-state index is 5.53. The molecule has 0 atom stereocenters. The Kier molecular flexibility index (Phi) is 22.4. The Bertz CT molecular complexity index is 1290. The lowest BCUT2D eigenvalue weighted by Crippen LogP contribution is -2.37. The Morgan fingerprint density at radius 3 is 0.981 bits per heavy atom. The van der Waals surface area contributed by atoms with Crippen LogP contribution in [-0.2, 0) is 0 Å². The summed E-state index contributed by atoms with van der Waals surface area (Å²) >= 11 is 11.1. The molecule has 52 heavy (non-hydrogen) atoms. The molecule has 0 fully saturated rings. The zero-order valence-electron chi connectivity index (χ0n) is 30.5. The van der Waals surface area contributed by atoms with Crippen molar-refractivity contribution in [3.63, 3.8) is 0 Å². The van der Waals surface area contributed by atoms with Gasteiger partial charge in [0.1, 0.15) is 0 Å². The lowest BCUT2D eigenvalue weighted by Gasteiger charge is -2.19. The van der Waals surface area contributed by atoms with Crippen molar-refractivity contribution < 1.29 is 0 Å². The van der Waals surface area contributed by atoms with E-state index in [0.29, 0.717) is 11.8 Å². The summed E-state index contributed by atoms with van der Waals surface area (Å²) in [4.78, 5) is 0. The van der Waals surface area contributed by atoms with Crippen molar-refractivity contribution in [3.05, 3.63) is 144 Å². The minimum atomic E-state index is 0. The lowest BCUT2D eigenvalue weighted by molar-refractivity contribution is 0.557. The van der Waals surface area contributed by atoms with Crippen molar-refractivity contribution in [3.8, 4) is 0 Å². The van der Waals surface area contributed by atoms with Gasteiger partial charge in [-0.1, -0.05) is 128 Å². The van der Waals surface area contributed by atoms with Gasteiger partial charge in [-0.05, 0) is 111 Å². The summed E-state index contributed by atoms with van der Waals surface area (Å²) < 4.78 is 0. The Labute approximate surface area is 330 Å². The highest BCUT2D eigenvalue weighted by Crippen LogP contribution is 2.28. The van der Waals surface area contributed by atoms with E-state index in [1.165, 1.54) is 41.5 Å². The van der Waals surface area contributed by atoms with E-state index >= 15 is 0 Å². The summed E-state index contributed by atoms with van der Waals surface area (Å²) in [5.41, 5.74) is 5.36. The van der Waals surface area contributed by atoms with Crippen molar-refractivity contribution in [1.82, 2.24) is 31.9 Å². The second kappa shape index (κ2) is 27.1. The van der Waals surface area contributed by atoms with Crippen LogP contribution in [-0.4, -0.2) is 62.6 Å². The topological polar surface area (TPSA) is 72.2 Å². The first-order valence-electron chi connectivity index (χ1n) is 18.9. The van der Waals surface area contributed by atoms with Crippen LogP contribution in [0.2, 0.25) is 0 Å². The maximum absolute atomic E-state index is 5.53. The minimum Gasteiger partial charge on any atom is -0.363 e. The van der Waals surface area contributed by atoms with Gasteiger partial charge in [-0.2, -0.15) is 0 Å². The molecule has 0 heterocycles. The van der Waals surface area contributed by atoms with Crippen LogP contribution in [0.15, 0.2) is 121 Å². The van der Waals surface area contributed by atoms with Crippen LogP contribution in [0.1, 0.15) is 79.0 Å². The van der Waals surface area contributed by atoms with E-state index in [2.05, 4.69) is 153 Å². The average molecular weight is 760 g/mol. The van der Waals surface area contributed by atoms with Gasteiger partial charge in [0, 0.05) is 38.0 Å². The number of rotatable bonds is 24. The average Bonchev–Trinajstić information content (AvgIpc) is 3.18. The second-order valence-electron chi connectivity index (χ2n) is 13.0. The molecule has 9 heteroatoms. The molecule has 0 aliphatic heterocycles. The molecule has 0 saturated carbocycles. The van der Waals surface area contributed by atoms with Crippen LogP contribution in [0.25, 0.3) is 0 Å². The molecule has 6 nitrogen and oxygen atoms in total. The van der Waals surface area contributed by atoms with E-state index in [1.807, 2.05) is 0 Å². The predicted octanol–water partition coefficient (Wildman–Crippen LogP) is 7.91. The molecular formula is C43H59ClN6S2. The smallest absolute Gasteiger partial charge is 0.166 e. The Morgan fingerprint density at radius 1 is 0.365 bits per heavy atom. The highest BCUT2D eigenvalue weighted by molar-refractivity contribution is 7.80. The number of hydrogen-bond donors (Lipinski definition) is 6. The Balaban J connectivity index is 0.00000729. The van der Waals surface area contributed by atoms with Crippen LogP contribution in [0.4, 0.5) is 0 Å². The molecule has 0 spiro atoms. The predicted molar refractivity (Wildman–Crippen MR) is 232 cm³/mol. The van der Waals surface area contributed by atoms with Gasteiger partial charge in [-0.15, -0.1) is 12.4 Å². The van der Waals surface area contributed by atoms with Crippen molar-refractivity contribution in [1.29, 1.82) is 0 Å². The largest absolute Gasteiger partial charge is 0.363 e. The van der Waals surface area contributed by atoms with Gasteiger partial charge < -0.3 is 31.9 Å². The SMILES string of the molecule is Cl.S=C(NCCCNCCCCCNCCCNC(=S)NCCC(c1ccccc1)c1ccccc1)NCCC(c1ccccc1)c1ccccc1. The molecule has 0 aliphatic carbocycles. The molecule has 0 aromatic heterocycles. The van der Waals surface area contributed by atoms with Gasteiger partial charge >= 0.3 is 0 Å². The quantitative estimate of drug-likeness (QED) is 0.0319. The third kappa shape index (κ3) is 17.3. The first kappa shape index (κ1) is 42.9. The second-order valence-corrected chi connectivity index (χ2v) is 13.8. The summed E-state index contributed by atoms with van der Waals surface area (Å²) in [6, 6.07) is 42.9. The molecule has 0 saturated heterocycles. The van der Waals surface area contributed by atoms with Crippen molar-refractivity contribution in [2.45, 2.75) is 56.8 Å². The molecule has 4 rings (SSSR count). The van der Waals surface area contributed by atoms with Gasteiger partial charge in [0.15, 0.2) is 10.2 Å². The Hall–Kier alpha value is -3.53. The summed E-state index contributed by atoms with van der Waals surface area (Å²) in [7, 11) is 0. The van der Waals surface area contributed by atoms with E-state index in [4.69, 9.17) is 24.4 Å². The van der Waals surface area contributed by atoms with Gasteiger partial charge in [-0.3, -0.25) is 0 Å². The number of nitrogens with one attached hydrogen (secondary N) is 6. The highest BCUT2D eigenvalue weighted by Gasteiger charge is 2.15. The van der Waals surface area contributed by atoms with Gasteiger partial charge in [0.25, 0.3) is 0 Å². The molecule has 0 amide bonds. The molecule has 0 radical (unpaired) electrons. The number of benzene rings is 4. The van der Waals surface area contributed by atoms with Gasteiger partial charge in [0.05, 0.1) is 0 Å². The van der Waals surface area contributed by atoms with E-state index in [9.17, 15) is 0 Å². The lowest BCUT2D eigenvalue weighted by atomic mass is 9.88. The van der Waals surface area contributed by atoms with Crippen LogP contribution in [0, 0.1) is 0 Å². The zero-order chi connectivity index (χ0) is 35.6. The first-order chi connectivity index (χ1) is 25.2. The fourth-order valence-corrected chi connectivity index (χ4v) is 6.74. The van der Waals surface area contributed by atoms with Crippen LogP contribution in [0.3, 0.4) is 0 Å². The number of hydrogen-bond acceptors (Lipinski definition) is 4. The van der Waals surface area contributed by atoms with Crippen LogP contribution >= 0.6 is 36.8 Å². The third-order valence-electron chi connectivity index (χ3n) is 9.08. The zero-order valence-corrected chi connectivity index (χ0v) is 33.0.